The van der Waals surface area contributed by atoms with Crippen molar-refractivity contribution in [1.82, 2.24) is 0 Å². The molecule has 0 saturated carbocycles. The molecular weight excluding hydrogens is 235 g/mol. The van der Waals surface area contributed by atoms with Crippen LogP contribution in [-0.2, 0) is 0 Å². The van der Waals surface area contributed by atoms with Gasteiger partial charge in [-0.05, 0) is 0 Å². The van der Waals surface area contributed by atoms with E-state index in [0.717, 1.165) is 0 Å². The van der Waals surface area contributed by atoms with Gasteiger partial charge < -0.3 is 0 Å². The number of allylic oxidation sites excluding steroid dienone is 8. The predicted octanol–water partition coefficient (Wildman–Crippen LogP) is 3.40. The Kier molecular flexibility index (Phi) is 2.55. The van der Waals surface area contributed by atoms with Crippen molar-refractivity contribution in [3.63, 3.8) is 0 Å². The summed E-state index contributed by atoms with van der Waals surface area (Å²) in [6.45, 7) is 9.13. The monoisotopic (exact) mass is 252 g/mol. The van der Waals surface area contributed by atoms with Crippen LogP contribution < -0.4 is 0 Å². The molecule has 1 atom stereocenters. The Morgan fingerprint density at radius 2 is 1.93 bits per heavy atom. The van der Waals surface area contributed by atoms with Gasteiger partial charge in [-0.1, -0.05) is 0 Å². The molecule has 0 nitrogen and oxygen atoms in total. The summed E-state index contributed by atoms with van der Waals surface area (Å²) < 4.78 is 3.30. The van der Waals surface area contributed by atoms with E-state index in [0.29, 0.717) is 20.9 Å². The molecule has 0 amide bonds. The van der Waals surface area contributed by atoms with Crippen LogP contribution in [0.25, 0.3) is 0 Å². The maximum absolute atomic E-state index is 2.34. The second-order valence-electron chi connectivity index (χ2n) is 4.05. The first-order valence-electron chi connectivity index (χ1n) is 5.06. The van der Waals surface area contributed by atoms with Crippen LogP contribution in [0, 0.1) is 5.92 Å². The first-order chi connectivity index (χ1) is 6.61. The molecule has 1 aliphatic carbocycles. The Labute approximate surface area is 92.6 Å². The first-order valence-corrected chi connectivity index (χ1v) is 6.77. The zero-order chi connectivity index (χ0) is 10.3. The van der Waals surface area contributed by atoms with Gasteiger partial charge in [0.25, 0.3) is 0 Å². The van der Waals surface area contributed by atoms with Gasteiger partial charge in [-0.15, -0.1) is 0 Å². The second-order valence-corrected chi connectivity index (χ2v) is 6.69. The van der Waals surface area contributed by atoms with Crippen molar-refractivity contribution in [3.8, 4) is 0 Å². The Morgan fingerprint density at radius 1 is 1.21 bits per heavy atom. The van der Waals surface area contributed by atoms with Crippen LogP contribution in [0.15, 0.2) is 43.9 Å². The molecular formula is C13H16Se. The van der Waals surface area contributed by atoms with Gasteiger partial charge in [0.15, 0.2) is 0 Å². The minimum atomic E-state index is 0.600. The van der Waals surface area contributed by atoms with E-state index in [9.17, 15) is 0 Å². The molecule has 0 aromatic heterocycles. The van der Waals surface area contributed by atoms with Crippen LogP contribution >= 0.6 is 0 Å². The van der Waals surface area contributed by atoms with Crippen LogP contribution in [0.3, 0.4) is 0 Å². The van der Waals surface area contributed by atoms with Crippen molar-refractivity contribution in [1.29, 1.82) is 0 Å². The van der Waals surface area contributed by atoms with Crippen LogP contribution in [-0.4, -0.2) is 15.0 Å². The standard InChI is InChI=1S/C13H16Se/c1-8-6-5-7-12(8)13-10(3)9(2)11(4)14-13/h5-7,10H,1-4H3/b13-12+. The molecule has 1 heterocycles. The Morgan fingerprint density at radius 3 is 2.36 bits per heavy atom. The van der Waals surface area contributed by atoms with E-state index in [1.54, 1.807) is 14.5 Å². The molecule has 0 aromatic carbocycles. The number of hydrogen-bond donors (Lipinski definition) is 0. The van der Waals surface area contributed by atoms with Gasteiger partial charge >= 0.3 is 92.5 Å². The Bertz CT molecular complexity index is 391. The van der Waals surface area contributed by atoms with Crippen molar-refractivity contribution in [2.45, 2.75) is 27.7 Å². The van der Waals surface area contributed by atoms with Gasteiger partial charge in [-0.3, -0.25) is 0 Å². The van der Waals surface area contributed by atoms with Gasteiger partial charge in [-0.25, -0.2) is 0 Å². The first kappa shape index (κ1) is 10.0. The molecule has 0 radical (unpaired) electrons. The molecule has 0 spiro atoms. The summed E-state index contributed by atoms with van der Waals surface area (Å²) >= 11 is 0.600. The van der Waals surface area contributed by atoms with Crippen molar-refractivity contribution in [2.75, 3.05) is 0 Å². The average Bonchev–Trinajstić information content (AvgIpc) is 2.66. The summed E-state index contributed by atoms with van der Waals surface area (Å²) in [4.78, 5) is 0. The molecule has 2 rings (SSSR count). The van der Waals surface area contributed by atoms with Crippen molar-refractivity contribution in [2.24, 2.45) is 5.92 Å². The molecule has 0 N–H and O–H groups in total. The molecule has 74 valence electrons. The molecule has 0 saturated heterocycles. The molecule has 0 fully saturated rings. The molecule has 0 aromatic rings. The van der Waals surface area contributed by atoms with Gasteiger partial charge in [0.1, 0.15) is 0 Å². The van der Waals surface area contributed by atoms with E-state index in [2.05, 4.69) is 45.9 Å². The molecule has 14 heavy (non-hydrogen) atoms. The van der Waals surface area contributed by atoms with Gasteiger partial charge in [0.05, 0.1) is 0 Å². The topological polar surface area (TPSA) is 0 Å². The van der Waals surface area contributed by atoms with Crippen molar-refractivity contribution >= 4 is 15.0 Å². The van der Waals surface area contributed by atoms with E-state index in [1.165, 1.54) is 11.1 Å². The van der Waals surface area contributed by atoms with Crippen molar-refractivity contribution in [3.05, 3.63) is 43.9 Å². The third-order valence-electron chi connectivity index (χ3n) is 3.16. The van der Waals surface area contributed by atoms with E-state index >= 15 is 0 Å². The fraction of sp³-hybridized carbons (Fsp3) is 0.385. The van der Waals surface area contributed by atoms with Crippen LogP contribution in [0.1, 0.15) is 27.7 Å². The molecule has 1 heteroatoms. The van der Waals surface area contributed by atoms with Gasteiger partial charge in [0, 0.05) is 0 Å². The quantitative estimate of drug-likeness (QED) is 0.579. The van der Waals surface area contributed by atoms with E-state index in [1.807, 2.05) is 0 Å². The summed E-state index contributed by atoms with van der Waals surface area (Å²) in [6.07, 6.45) is 6.66. The summed E-state index contributed by atoms with van der Waals surface area (Å²) in [5, 5.41) is 0. The summed E-state index contributed by atoms with van der Waals surface area (Å²) in [5.41, 5.74) is 4.55. The normalized spacial score (nSPS) is 31.7. The SMILES string of the molecule is CC1=CC=C/C1=C1\[Se]C(C)=C(C)C1C. The number of hydrogen-bond acceptors (Lipinski definition) is 0. The molecule has 1 aliphatic heterocycles. The zero-order valence-corrected chi connectivity index (χ0v) is 10.9. The minimum absolute atomic E-state index is 0.600. The average molecular weight is 251 g/mol. The van der Waals surface area contributed by atoms with Gasteiger partial charge in [-0.2, -0.15) is 0 Å². The summed E-state index contributed by atoms with van der Waals surface area (Å²) in [6, 6.07) is 0. The fourth-order valence-corrected chi connectivity index (χ4v) is 4.76. The maximum atomic E-state index is 2.34. The Hall–Kier alpha value is -0.521. The van der Waals surface area contributed by atoms with Crippen LogP contribution in [0.5, 0.6) is 0 Å². The van der Waals surface area contributed by atoms with Gasteiger partial charge in [0.2, 0.25) is 0 Å². The molecule has 0 bridgehead atoms. The van der Waals surface area contributed by atoms with Crippen LogP contribution in [0.2, 0.25) is 0 Å². The zero-order valence-electron chi connectivity index (χ0n) is 9.22. The summed E-state index contributed by atoms with van der Waals surface area (Å²) in [5.74, 6) is 0.677. The second kappa shape index (κ2) is 3.56. The fourth-order valence-electron chi connectivity index (χ4n) is 1.91. The predicted molar refractivity (Wildman–Crippen MR) is 63.2 cm³/mol. The van der Waals surface area contributed by atoms with Crippen LogP contribution in [0.4, 0.5) is 0 Å². The third-order valence-corrected chi connectivity index (χ3v) is 6.14. The molecule has 2 aliphatic rings. The molecule has 1 unspecified atom stereocenters. The van der Waals surface area contributed by atoms with E-state index in [-0.39, 0.29) is 0 Å². The third kappa shape index (κ3) is 1.45. The number of rotatable bonds is 0. The van der Waals surface area contributed by atoms with E-state index < -0.39 is 0 Å². The van der Waals surface area contributed by atoms with Crippen molar-refractivity contribution < 1.29 is 0 Å². The Balaban J connectivity index is 2.41. The summed E-state index contributed by atoms with van der Waals surface area (Å²) in [7, 11) is 0. The van der Waals surface area contributed by atoms with E-state index in [4.69, 9.17) is 0 Å².